The molecule has 0 bridgehead atoms. The quantitative estimate of drug-likeness (QED) is 0.523. The zero-order valence-corrected chi connectivity index (χ0v) is 14.5. The predicted octanol–water partition coefficient (Wildman–Crippen LogP) is 2.51. The first-order chi connectivity index (χ1) is 12.9. The molecule has 1 aliphatic heterocycles. The van der Waals surface area contributed by atoms with Crippen LogP contribution < -0.4 is 10.4 Å². The second kappa shape index (κ2) is 6.21. The SMILES string of the molecule is CC(CO)C1Cc2c(ccc(-c3cc4c(O)cc(O)cc4oc3=O)c2O)O1. The van der Waals surface area contributed by atoms with E-state index in [9.17, 15) is 25.2 Å². The average Bonchev–Trinajstić information content (AvgIpc) is 3.06. The third-order valence-corrected chi connectivity index (χ3v) is 4.95. The largest absolute Gasteiger partial charge is 0.508 e. The van der Waals surface area contributed by atoms with Gasteiger partial charge in [-0.1, -0.05) is 6.92 Å². The van der Waals surface area contributed by atoms with Gasteiger partial charge in [-0.15, -0.1) is 0 Å². The van der Waals surface area contributed by atoms with Gasteiger partial charge in [0.25, 0.3) is 0 Å². The second-order valence-electron chi connectivity index (χ2n) is 6.78. The van der Waals surface area contributed by atoms with Crippen LogP contribution in [0.3, 0.4) is 0 Å². The fraction of sp³-hybridized carbons (Fsp3) is 0.250. The number of ether oxygens (including phenoxy) is 1. The van der Waals surface area contributed by atoms with Crippen molar-refractivity contribution >= 4 is 11.0 Å². The van der Waals surface area contributed by atoms with E-state index in [0.29, 0.717) is 17.7 Å². The Morgan fingerprint density at radius 3 is 2.67 bits per heavy atom. The molecule has 3 aromatic rings. The molecule has 1 aliphatic rings. The summed E-state index contributed by atoms with van der Waals surface area (Å²) in [5, 5.41) is 39.8. The molecule has 2 atom stereocenters. The summed E-state index contributed by atoms with van der Waals surface area (Å²) in [5.41, 5.74) is 0.247. The van der Waals surface area contributed by atoms with Crippen LogP contribution in [-0.4, -0.2) is 33.1 Å². The Balaban J connectivity index is 1.84. The first-order valence-corrected chi connectivity index (χ1v) is 8.51. The van der Waals surface area contributed by atoms with E-state index in [0.717, 1.165) is 6.07 Å². The summed E-state index contributed by atoms with van der Waals surface area (Å²) < 4.78 is 11.0. The number of aliphatic hydroxyl groups excluding tert-OH is 1. The maximum atomic E-state index is 12.4. The van der Waals surface area contributed by atoms with Gasteiger partial charge in [-0.25, -0.2) is 4.79 Å². The molecule has 0 spiro atoms. The lowest BCUT2D eigenvalue weighted by molar-refractivity contribution is 0.114. The van der Waals surface area contributed by atoms with E-state index in [2.05, 4.69) is 0 Å². The Hall–Kier alpha value is -3.19. The molecular formula is C20H18O7. The molecule has 0 aliphatic carbocycles. The fourth-order valence-corrected chi connectivity index (χ4v) is 3.36. The molecule has 0 saturated heterocycles. The number of hydrogen-bond donors (Lipinski definition) is 4. The fourth-order valence-electron chi connectivity index (χ4n) is 3.36. The van der Waals surface area contributed by atoms with Crippen molar-refractivity contribution in [3.05, 3.63) is 46.3 Å². The van der Waals surface area contributed by atoms with E-state index in [1.54, 1.807) is 12.1 Å². The second-order valence-corrected chi connectivity index (χ2v) is 6.78. The molecular weight excluding hydrogens is 352 g/mol. The lowest BCUT2D eigenvalue weighted by atomic mass is 9.96. The van der Waals surface area contributed by atoms with Crippen LogP contribution in [0.5, 0.6) is 23.0 Å². The van der Waals surface area contributed by atoms with E-state index < -0.39 is 5.63 Å². The number of benzene rings is 2. The molecule has 0 fully saturated rings. The van der Waals surface area contributed by atoms with Crippen LogP contribution in [0.1, 0.15) is 12.5 Å². The molecule has 0 saturated carbocycles. The third kappa shape index (κ3) is 2.76. The van der Waals surface area contributed by atoms with Crippen LogP contribution in [0.2, 0.25) is 0 Å². The number of aliphatic hydroxyl groups is 1. The summed E-state index contributed by atoms with van der Waals surface area (Å²) in [6.45, 7) is 1.82. The van der Waals surface area contributed by atoms with Crippen molar-refractivity contribution in [2.45, 2.75) is 19.4 Å². The van der Waals surface area contributed by atoms with Gasteiger partial charge in [0.05, 0.1) is 10.9 Å². The minimum atomic E-state index is -0.707. The smallest absolute Gasteiger partial charge is 0.344 e. The van der Waals surface area contributed by atoms with Crippen molar-refractivity contribution in [3.63, 3.8) is 0 Å². The molecule has 1 aromatic heterocycles. The monoisotopic (exact) mass is 370 g/mol. The first kappa shape index (κ1) is 17.2. The molecule has 140 valence electrons. The van der Waals surface area contributed by atoms with Gasteiger partial charge in [-0.3, -0.25) is 0 Å². The number of hydrogen-bond acceptors (Lipinski definition) is 7. The molecule has 2 heterocycles. The van der Waals surface area contributed by atoms with E-state index in [1.165, 1.54) is 12.1 Å². The van der Waals surface area contributed by atoms with E-state index in [1.807, 2.05) is 6.92 Å². The van der Waals surface area contributed by atoms with E-state index >= 15 is 0 Å². The summed E-state index contributed by atoms with van der Waals surface area (Å²) in [5.74, 6) is -0.145. The first-order valence-electron chi connectivity index (χ1n) is 8.51. The van der Waals surface area contributed by atoms with Gasteiger partial charge in [0.1, 0.15) is 34.7 Å². The zero-order chi connectivity index (χ0) is 19.3. The van der Waals surface area contributed by atoms with E-state index in [4.69, 9.17) is 9.15 Å². The highest BCUT2D eigenvalue weighted by molar-refractivity contribution is 5.89. The van der Waals surface area contributed by atoms with Crippen LogP contribution in [-0.2, 0) is 6.42 Å². The molecule has 7 nitrogen and oxygen atoms in total. The normalized spacial score (nSPS) is 16.9. The highest BCUT2D eigenvalue weighted by Crippen LogP contribution is 2.43. The van der Waals surface area contributed by atoms with Gasteiger partial charge in [0.15, 0.2) is 0 Å². The van der Waals surface area contributed by atoms with Crippen molar-refractivity contribution in [2.24, 2.45) is 5.92 Å². The minimum absolute atomic E-state index is 0.0351. The van der Waals surface area contributed by atoms with Gasteiger partial charge in [0, 0.05) is 42.2 Å². The summed E-state index contributed by atoms with van der Waals surface area (Å²) in [6, 6.07) is 7.01. The predicted molar refractivity (Wildman–Crippen MR) is 97.3 cm³/mol. The Labute approximate surface area is 153 Å². The van der Waals surface area contributed by atoms with Crippen LogP contribution in [0, 0.1) is 5.92 Å². The molecule has 4 N–H and O–H groups in total. The van der Waals surface area contributed by atoms with Crippen LogP contribution in [0.25, 0.3) is 22.1 Å². The number of phenols is 3. The highest BCUT2D eigenvalue weighted by Gasteiger charge is 2.31. The van der Waals surface area contributed by atoms with Gasteiger partial charge in [0.2, 0.25) is 0 Å². The molecule has 27 heavy (non-hydrogen) atoms. The Morgan fingerprint density at radius 2 is 1.93 bits per heavy atom. The molecule has 7 heteroatoms. The number of fused-ring (bicyclic) bond motifs is 2. The lowest BCUT2D eigenvalue weighted by Crippen LogP contribution is -2.25. The van der Waals surface area contributed by atoms with Crippen LogP contribution in [0.4, 0.5) is 0 Å². The van der Waals surface area contributed by atoms with Gasteiger partial charge >= 0.3 is 5.63 Å². The molecule has 0 amide bonds. The number of phenolic OH excluding ortho intramolecular Hbond substituents is 3. The van der Waals surface area contributed by atoms with E-state index in [-0.39, 0.29) is 58.0 Å². The van der Waals surface area contributed by atoms with Gasteiger partial charge < -0.3 is 29.6 Å². The molecule has 2 unspecified atom stereocenters. The maximum absolute atomic E-state index is 12.4. The summed E-state index contributed by atoms with van der Waals surface area (Å²) in [4.78, 5) is 12.4. The van der Waals surface area contributed by atoms with Crippen LogP contribution >= 0.6 is 0 Å². The molecule has 2 aromatic carbocycles. The van der Waals surface area contributed by atoms with Crippen molar-refractivity contribution in [3.8, 4) is 34.1 Å². The molecule has 0 radical (unpaired) electrons. The van der Waals surface area contributed by atoms with Crippen LogP contribution in [0.15, 0.2) is 39.5 Å². The summed E-state index contributed by atoms with van der Waals surface area (Å²) in [7, 11) is 0. The lowest BCUT2D eigenvalue weighted by Gasteiger charge is -2.16. The minimum Gasteiger partial charge on any atom is -0.508 e. The standard InChI is InChI=1S/C20H18O7/c1-9(8-21)17-7-14-16(26-17)3-2-11(19(14)24)12-6-13-15(23)4-10(22)5-18(13)27-20(12)25/h2-6,9,17,21-24H,7-8H2,1H3. The Bertz CT molecular complexity index is 1100. The maximum Gasteiger partial charge on any atom is 0.344 e. The van der Waals surface area contributed by atoms with Crippen molar-refractivity contribution < 1.29 is 29.6 Å². The number of aromatic hydroxyl groups is 3. The van der Waals surface area contributed by atoms with Gasteiger partial charge in [-0.05, 0) is 18.2 Å². The Kier molecular flexibility index (Phi) is 3.96. The number of rotatable bonds is 3. The molecule has 4 rings (SSSR count). The van der Waals surface area contributed by atoms with Gasteiger partial charge in [-0.2, -0.15) is 0 Å². The highest BCUT2D eigenvalue weighted by atomic mass is 16.5. The Morgan fingerprint density at radius 1 is 1.15 bits per heavy atom. The summed E-state index contributed by atoms with van der Waals surface area (Å²) in [6.07, 6.45) is 0.153. The van der Waals surface area contributed by atoms with Crippen molar-refractivity contribution in [1.82, 2.24) is 0 Å². The zero-order valence-electron chi connectivity index (χ0n) is 14.5. The summed E-state index contributed by atoms with van der Waals surface area (Å²) >= 11 is 0. The average molecular weight is 370 g/mol. The third-order valence-electron chi connectivity index (χ3n) is 4.95. The van der Waals surface area contributed by atoms with Crippen molar-refractivity contribution in [2.75, 3.05) is 6.61 Å². The topological polar surface area (TPSA) is 120 Å². The van der Waals surface area contributed by atoms with Crippen molar-refractivity contribution in [1.29, 1.82) is 0 Å².